The number of nitrogens with zero attached hydrogens (tertiary/aromatic N) is 2. The highest BCUT2D eigenvalue weighted by molar-refractivity contribution is 7.15. The monoisotopic (exact) mass is 268 g/mol. The highest BCUT2D eigenvalue weighted by Gasteiger charge is 2.31. The maximum atomic E-state index is 10.3. The average molecular weight is 268 g/mol. The first-order chi connectivity index (χ1) is 8.41. The average Bonchev–Trinajstić information content (AvgIpc) is 2.75. The number of ether oxygens (including phenoxy) is 1. The Kier molecular flexibility index (Phi) is 3.75. The zero-order chi connectivity index (χ0) is 13.3. The summed E-state index contributed by atoms with van der Waals surface area (Å²) in [5.74, 6) is 0. The molecule has 2 aromatic rings. The van der Waals surface area contributed by atoms with Crippen LogP contribution in [0.15, 0.2) is 17.8 Å². The van der Waals surface area contributed by atoms with Gasteiger partial charge in [0.05, 0.1) is 17.9 Å². The Balaban J connectivity index is 2.10. The summed E-state index contributed by atoms with van der Waals surface area (Å²) in [6, 6.07) is 0. The van der Waals surface area contributed by atoms with Crippen LogP contribution >= 0.6 is 11.3 Å². The molecule has 5 heteroatoms. The molecule has 0 aliphatic rings. The molecule has 2 rings (SSSR count). The van der Waals surface area contributed by atoms with Gasteiger partial charge in [0.2, 0.25) is 0 Å². The van der Waals surface area contributed by atoms with Gasteiger partial charge in [0, 0.05) is 31.3 Å². The molecule has 2 heterocycles. The number of imidazole rings is 1. The van der Waals surface area contributed by atoms with Gasteiger partial charge in [0.15, 0.2) is 4.96 Å². The summed E-state index contributed by atoms with van der Waals surface area (Å²) < 4.78 is 7.40. The maximum absolute atomic E-state index is 10.3. The largest absolute Gasteiger partial charge is 0.390 e. The molecule has 0 saturated heterocycles. The molecular weight excluding hydrogens is 248 g/mol. The highest BCUT2D eigenvalue weighted by Crippen LogP contribution is 2.26. The molecule has 2 aromatic heterocycles. The molecule has 0 amide bonds. The SMILES string of the molecule is COC(C(O)Cc1cn2ccsc2n1)C(C)(C)C. The van der Waals surface area contributed by atoms with Crippen LogP contribution in [0.3, 0.4) is 0 Å². The number of thiazole rings is 1. The quantitative estimate of drug-likeness (QED) is 0.926. The van der Waals surface area contributed by atoms with E-state index in [4.69, 9.17) is 4.74 Å². The molecule has 18 heavy (non-hydrogen) atoms. The molecule has 0 aliphatic carbocycles. The smallest absolute Gasteiger partial charge is 0.193 e. The fraction of sp³-hybridized carbons (Fsp3) is 0.615. The summed E-state index contributed by atoms with van der Waals surface area (Å²) >= 11 is 1.59. The van der Waals surface area contributed by atoms with E-state index in [0.717, 1.165) is 10.7 Å². The number of rotatable bonds is 4. The summed E-state index contributed by atoms with van der Waals surface area (Å²) in [5, 5.41) is 12.3. The Morgan fingerprint density at radius 2 is 2.22 bits per heavy atom. The van der Waals surface area contributed by atoms with E-state index in [-0.39, 0.29) is 11.5 Å². The van der Waals surface area contributed by atoms with Gasteiger partial charge in [-0.2, -0.15) is 0 Å². The number of methoxy groups -OCH3 is 1. The summed E-state index contributed by atoms with van der Waals surface area (Å²) in [6.45, 7) is 6.20. The molecule has 0 spiro atoms. The normalized spacial score (nSPS) is 16.1. The van der Waals surface area contributed by atoms with Gasteiger partial charge in [-0.25, -0.2) is 4.98 Å². The van der Waals surface area contributed by atoms with Crippen molar-refractivity contribution in [3.05, 3.63) is 23.5 Å². The van der Waals surface area contributed by atoms with Gasteiger partial charge in [-0.3, -0.25) is 4.40 Å². The fourth-order valence-corrected chi connectivity index (χ4v) is 3.00. The number of hydrogen-bond donors (Lipinski definition) is 1. The maximum Gasteiger partial charge on any atom is 0.193 e. The Hall–Kier alpha value is -0.910. The summed E-state index contributed by atoms with van der Waals surface area (Å²) in [4.78, 5) is 5.44. The zero-order valence-electron chi connectivity index (χ0n) is 11.3. The predicted molar refractivity (Wildman–Crippen MR) is 73.0 cm³/mol. The van der Waals surface area contributed by atoms with Crippen LogP contribution < -0.4 is 0 Å². The standard InChI is InChI=1S/C13H20N2O2S/c1-13(2,3)11(17-4)10(16)7-9-8-15-5-6-18-12(15)14-9/h5-6,8,10-11,16H,7H2,1-4H3. The van der Waals surface area contributed by atoms with E-state index >= 15 is 0 Å². The van der Waals surface area contributed by atoms with Crippen molar-refractivity contribution in [1.82, 2.24) is 9.38 Å². The van der Waals surface area contributed by atoms with Crippen molar-refractivity contribution in [3.8, 4) is 0 Å². The van der Waals surface area contributed by atoms with Crippen LogP contribution in [0.5, 0.6) is 0 Å². The second-order valence-electron chi connectivity index (χ2n) is 5.62. The first kappa shape index (κ1) is 13.5. The third-order valence-electron chi connectivity index (χ3n) is 3.02. The molecule has 0 bridgehead atoms. The predicted octanol–water partition coefficient (Wildman–Crippen LogP) is 2.36. The third-order valence-corrected chi connectivity index (χ3v) is 3.79. The van der Waals surface area contributed by atoms with Crippen molar-refractivity contribution in [3.63, 3.8) is 0 Å². The van der Waals surface area contributed by atoms with E-state index in [1.54, 1.807) is 18.4 Å². The van der Waals surface area contributed by atoms with Crippen LogP contribution in [0, 0.1) is 5.41 Å². The molecule has 0 fully saturated rings. The first-order valence-corrected chi connectivity index (χ1v) is 6.91. The molecule has 0 aromatic carbocycles. The van der Waals surface area contributed by atoms with Crippen molar-refractivity contribution in [2.45, 2.75) is 39.4 Å². The van der Waals surface area contributed by atoms with Crippen LogP contribution in [0.2, 0.25) is 0 Å². The summed E-state index contributed by atoms with van der Waals surface area (Å²) in [7, 11) is 1.64. The van der Waals surface area contributed by atoms with Gasteiger partial charge in [0.25, 0.3) is 0 Å². The van der Waals surface area contributed by atoms with E-state index in [2.05, 4.69) is 25.8 Å². The second-order valence-corrected chi connectivity index (χ2v) is 6.49. The lowest BCUT2D eigenvalue weighted by molar-refractivity contribution is -0.0701. The Labute approximate surface area is 111 Å². The van der Waals surface area contributed by atoms with Crippen molar-refractivity contribution < 1.29 is 9.84 Å². The lowest BCUT2D eigenvalue weighted by Crippen LogP contribution is -2.40. The van der Waals surface area contributed by atoms with Crippen molar-refractivity contribution >= 4 is 16.3 Å². The molecule has 2 atom stereocenters. The van der Waals surface area contributed by atoms with E-state index in [0.29, 0.717) is 6.42 Å². The Bertz CT molecular complexity index is 484. The van der Waals surface area contributed by atoms with E-state index < -0.39 is 6.10 Å². The van der Waals surface area contributed by atoms with Gasteiger partial charge in [-0.15, -0.1) is 11.3 Å². The zero-order valence-corrected chi connectivity index (χ0v) is 12.1. The summed E-state index contributed by atoms with van der Waals surface area (Å²) in [5.41, 5.74) is 0.811. The molecule has 0 saturated carbocycles. The molecule has 0 radical (unpaired) electrons. The van der Waals surface area contributed by atoms with E-state index in [1.165, 1.54) is 0 Å². The van der Waals surface area contributed by atoms with Crippen molar-refractivity contribution in [2.75, 3.05) is 7.11 Å². The van der Waals surface area contributed by atoms with Gasteiger partial charge < -0.3 is 9.84 Å². The minimum Gasteiger partial charge on any atom is -0.390 e. The van der Waals surface area contributed by atoms with Crippen molar-refractivity contribution in [1.29, 1.82) is 0 Å². The highest BCUT2D eigenvalue weighted by atomic mass is 32.1. The topological polar surface area (TPSA) is 46.8 Å². The van der Waals surface area contributed by atoms with Crippen LogP contribution in [0.4, 0.5) is 0 Å². The minimum atomic E-state index is -0.542. The lowest BCUT2D eigenvalue weighted by Gasteiger charge is -2.32. The van der Waals surface area contributed by atoms with Crippen molar-refractivity contribution in [2.24, 2.45) is 5.41 Å². The molecule has 1 N–H and O–H groups in total. The van der Waals surface area contributed by atoms with Gasteiger partial charge in [-0.05, 0) is 5.41 Å². The fourth-order valence-electron chi connectivity index (χ4n) is 2.28. The van der Waals surface area contributed by atoms with Crippen LogP contribution in [-0.4, -0.2) is 33.8 Å². The number of aromatic nitrogens is 2. The molecule has 100 valence electrons. The van der Waals surface area contributed by atoms with Crippen LogP contribution in [0.25, 0.3) is 4.96 Å². The molecule has 2 unspecified atom stereocenters. The van der Waals surface area contributed by atoms with E-state index in [9.17, 15) is 5.11 Å². The van der Waals surface area contributed by atoms with E-state index in [1.807, 2.05) is 22.2 Å². The second kappa shape index (κ2) is 4.99. The van der Waals surface area contributed by atoms with Gasteiger partial charge in [-0.1, -0.05) is 20.8 Å². The van der Waals surface area contributed by atoms with Crippen LogP contribution in [0.1, 0.15) is 26.5 Å². The minimum absolute atomic E-state index is 0.0920. The van der Waals surface area contributed by atoms with Gasteiger partial charge in [0.1, 0.15) is 0 Å². The Morgan fingerprint density at radius 3 is 2.78 bits per heavy atom. The number of fused-ring (bicyclic) bond motifs is 1. The molecule has 0 aliphatic heterocycles. The molecule has 4 nitrogen and oxygen atoms in total. The molecular formula is C13H20N2O2S. The van der Waals surface area contributed by atoms with Crippen LogP contribution in [-0.2, 0) is 11.2 Å². The number of aliphatic hydroxyl groups excluding tert-OH is 1. The summed E-state index contributed by atoms with van der Waals surface area (Å²) in [6.07, 6.45) is 3.71. The first-order valence-electron chi connectivity index (χ1n) is 6.04. The van der Waals surface area contributed by atoms with Gasteiger partial charge >= 0.3 is 0 Å². The Morgan fingerprint density at radius 1 is 1.50 bits per heavy atom. The third kappa shape index (κ3) is 2.74. The number of aliphatic hydroxyl groups is 1. The lowest BCUT2D eigenvalue weighted by atomic mass is 9.84. The number of hydrogen-bond acceptors (Lipinski definition) is 4.